The Bertz CT molecular complexity index is 911. The van der Waals surface area contributed by atoms with Crippen LogP contribution in [0.4, 0.5) is 0 Å². The van der Waals surface area contributed by atoms with Crippen LogP contribution < -0.4 is 0 Å². The van der Waals surface area contributed by atoms with Crippen molar-refractivity contribution in [2.45, 2.75) is 20.3 Å². The Morgan fingerprint density at radius 1 is 0.889 bits per heavy atom. The summed E-state index contributed by atoms with van der Waals surface area (Å²) in [5, 5.41) is 0. The lowest BCUT2D eigenvalue weighted by molar-refractivity contribution is -0.118. The number of carbonyl (C=O) groups is 4. The molecule has 0 bridgehead atoms. The van der Waals surface area contributed by atoms with Crippen molar-refractivity contribution in [3.05, 3.63) is 71.3 Å². The zero-order valence-electron chi connectivity index (χ0n) is 15.2. The SMILES string of the molecule is CC(C)(COC(=O)c1ccccc1)CC1C(=O)C(=O)c2ccccc2C1=O. The largest absolute Gasteiger partial charge is 0.462 e. The number of ketones is 3. The second-order valence-electron chi connectivity index (χ2n) is 7.47. The van der Waals surface area contributed by atoms with E-state index in [-0.39, 0.29) is 29.9 Å². The number of carbonyl (C=O) groups excluding carboxylic acids is 4. The third kappa shape index (κ3) is 3.87. The van der Waals surface area contributed by atoms with E-state index in [0.29, 0.717) is 5.56 Å². The van der Waals surface area contributed by atoms with Gasteiger partial charge in [-0.1, -0.05) is 56.3 Å². The molecule has 1 aliphatic carbocycles. The van der Waals surface area contributed by atoms with Gasteiger partial charge in [0.05, 0.1) is 18.1 Å². The summed E-state index contributed by atoms with van der Waals surface area (Å²) in [5.74, 6) is -3.18. The molecule has 0 radical (unpaired) electrons. The van der Waals surface area contributed by atoms with Gasteiger partial charge in [0.15, 0.2) is 5.78 Å². The van der Waals surface area contributed by atoms with E-state index in [9.17, 15) is 19.2 Å². The van der Waals surface area contributed by atoms with Crippen LogP contribution in [0.3, 0.4) is 0 Å². The van der Waals surface area contributed by atoms with E-state index in [1.807, 2.05) is 0 Å². The van der Waals surface area contributed by atoms with Gasteiger partial charge in [-0.25, -0.2) is 4.79 Å². The Kier molecular flexibility index (Phi) is 5.04. The predicted molar refractivity (Wildman–Crippen MR) is 98.7 cm³/mol. The number of Topliss-reactive ketones (excluding diaryl/α,β-unsaturated/α-hetero) is 3. The highest BCUT2D eigenvalue weighted by molar-refractivity contribution is 6.51. The third-order valence-electron chi connectivity index (χ3n) is 4.65. The first-order valence-electron chi connectivity index (χ1n) is 8.74. The molecule has 1 aliphatic rings. The molecular formula is C22H20O5. The molecule has 1 atom stereocenters. The second-order valence-corrected chi connectivity index (χ2v) is 7.47. The molecule has 3 rings (SSSR count). The number of benzene rings is 2. The number of esters is 1. The molecule has 138 valence electrons. The Balaban J connectivity index is 1.72. The molecule has 5 heteroatoms. The normalized spacial score (nSPS) is 16.8. The van der Waals surface area contributed by atoms with Gasteiger partial charge in [0.2, 0.25) is 11.6 Å². The first-order valence-corrected chi connectivity index (χ1v) is 8.74. The van der Waals surface area contributed by atoms with Crippen molar-refractivity contribution >= 4 is 23.3 Å². The molecule has 0 amide bonds. The van der Waals surface area contributed by atoms with Crippen molar-refractivity contribution in [1.82, 2.24) is 0 Å². The summed E-state index contributed by atoms with van der Waals surface area (Å²) in [5.41, 5.74) is 0.232. The Morgan fingerprint density at radius 3 is 2.15 bits per heavy atom. The van der Waals surface area contributed by atoms with Gasteiger partial charge in [-0.15, -0.1) is 0 Å². The maximum Gasteiger partial charge on any atom is 0.338 e. The van der Waals surface area contributed by atoms with Gasteiger partial charge in [0, 0.05) is 16.5 Å². The van der Waals surface area contributed by atoms with E-state index >= 15 is 0 Å². The van der Waals surface area contributed by atoms with Gasteiger partial charge in [-0.3, -0.25) is 14.4 Å². The van der Waals surface area contributed by atoms with Gasteiger partial charge >= 0.3 is 5.97 Å². The van der Waals surface area contributed by atoms with Gasteiger partial charge in [0.1, 0.15) is 0 Å². The van der Waals surface area contributed by atoms with Crippen LogP contribution in [0.15, 0.2) is 54.6 Å². The first kappa shape index (κ1) is 18.7. The minimum atomic E-state index is -1.04. The van der Waals surface area contributed by atoms with Gasteiger partial charge in [-0.2, -0.15) is 0 Å². The lowest BCUT2D eigenvalue weighted by atomic mass is 9.73. The molecule has 0 aliphatic heterocycles. The average Bonchev–Trinajstić information content (AvgIpc) is 2.68. The first-order chi connectivity index (χ1) is 12.8. The van der Waals surface area contributed by atoms with E-state index in [1.165, 1.54) is 6.07 Å². The number of hydrogen-bond donors (Lipinski definition) is 0. The predicted octanol–water partition coefficient (Wildman–Crippen LogP) is 3.52. The summed E-state index contributed by atoms with van der Waals surface area (Å²) < 4.78 is 5.35. The lowest BCUT2D eigenvalue weighted by Gasteiger charge is -2.30. The Labute approximate surface area is 157 Å². The molecular weight excluding hydrogens is 344 g/mol. The van der Waals surface area contributed by atoms with E-state index in [0.717, 1.165) is 0 Å². The maximum absolute atomic E-state index is 12.7. The number of rotatable bonds is 5. The molecule has 2 aromatic rings. The molecule has 0 saturated heterocycles. The van der Waals surface area contributed by atoms with Crippen LogP contribution in [0.25, 0.3) is 0 Å². The van der Waals surface area contributed by atoms with Crippen LogP contribution >= 0.6 is 0 Å². The molecule has 0 spiro atoms. The molecule has 0 N–H and O–H groups in total. The lowest BCUT2D eigenvalue weighted by Crippen LogP contribution is -2.40. The molecule has 0 saturated carbocycles. The summed E-state index contributed by atoms with van der Waals surface area (Å²) in [6, 6.07) is 14.9. The van der Waals surface area contributed by atoms with E-state index in [2.05, 4.69) is 0 Å². The van der Waals surface area contributed by atoms with Crippen LogP contribution in [0.1, 0.15) is 51.3 Å². The summed E-state index contributed by atoms with van der Waals surface area (Å²) in [4.78, 5) is 49.6. The van der Waals surface area contributed by atoms with Crippen molar-refractivity contribution in [2.75, 3.05) is 6.61 Å². The monoisotopic (exact) mass is 364 g/mol. The number of hydrogen-bond acceptors (Lipinski definition) is 5. The molecule has 0 fully saturated rings. The second kappa shape index (κ2) is 7.27. The van der Waals surface area contributed by atoms with Gasteiger partial charge in [0.25, 0.3) is 0 Å². The highest BCUT2D eigenvalue weighted by atomic mass is 16.5. The topological polar surface area (TPSA) is 77.5 Å². The van der Waals surface area contributed by atoms with Crippen molar-refractivity contribution in [2.24, 2.45) is 11.3 Å². The van der Waals surface area contributed by atoms with Gasteiger partial charge in [-0.05, 0) is 18.6 Å². The summed E-state index contributed by atoms with van der Waals surface area (Å²) >= 11 is 0. The van der Waals surface area contributed by atoms with E-state index in [1.54, 1.807) is 62.4 Å². The Hall–Kier alpha value is -3.08. The fraction of sp³-hybridized carbons (Fsp3) is 0.273. The minimum Gasteiger partial charge on any atom is -0.462 e. The quantitative estimate of drug-likeness (QED) is 0.461. The highest BCUT2D eigenvalue weighted by Crippen LogP contribution is 2.33. The van der Waals surface area contributed by atoms with Gasteiger partial charge < -0.3 is 4.74 Å². The molecule has 1 unspecified atom stereocenters. The van der Waals surface area contributed by atoms with E-state index in [4.69, 9.17) is 4.74 Å². The molecule has 2 aromatic carbocycles. The van der Waals surface area contributed by atoms with Crippen LogP contribution in [-0.2, 0) is 9.53 Å². The fourth-order valence-corrected chi connectivity index (χ4v) is 3.21. The standard InChI is InChI=1S/C22H20O5/c1-22(2,13-27-21(26)14-8-4-3-5-9-14)12-17-18(23)15-10-6-7-11-16(15)19(24)20(17)25/h3-11,17H,12-13H2,1-2H3. The van der Waals surface area contributed by atoms with Crippen molar-refractivity contribution in [1.29, 1.82) is 0 Å². The van der Waals surface area contributed by atoms with Crippen LogP contribution in [0, 0.1) is 11.3 Å². The molecule has 0 heterocycles. The van der Waals surface area contributed by atoms with E-state index < -0.39 is 28.9 Å². The van der Waals surface area contributed by atoms with Crippen molar-refractivity contribution < 1.29 is 23.9 Å². The van der Waals surface area contributed by atoms with Crippen LogP contribution in [0.2, 0.25) is 0 Å². The Morgan fingerprint density at radius 2 is 1.48 bits per heavy atom. The minimum absolute atomic E-state index is 0.0353. The molecule has 0 aromatic heterocycles. The third-order valence-corrected chi connectivity index (χ3v) is 4.65. The van der Waals surface area contributed by atoms with Crippen molar-refractivity contribution in [3.63, 3.8) is 0 Å². The zero-order valence-corrected chi connectivity index (χ0v) is 15.2. The average molecular weight is 364 g/mol. The van der Waals surface area contributed by atoms with Crippen LogP contribution in [-0.4, -0.2) is 29.9 Å². The highest BCUT2D eigenvalue weighted by Gasteiger charge is 2.42. The zero-order chi connectivity index (χ0) is 19.6. The maximum atomic E-state index is 12.7. The van der Waals surface area contributed by atoms with Crippen LogP contribution in [0.5, 0.6) is 0 Å². The van der Waals surface area contributed by atoms with Crippen molar-refractivity contribution in [3.8, 4) is 0 Å². The molecule has 27 heavy (non-hydrogen) atoms. The molecule has 5 nitrogen and oxygen atoms in total. The smallest absolute Gasteiger partial charge is 0.338 e. The number of fused-ring (bicyclic) bond motifs is 1. The summed E-state index contributed by atoms with van der Waals surface area (Å²) in [6.07, 6.45) is 0.132. The summed E-state index contributed by atoms with van der Waals surface area (Å²) in [7, 11) is 0. The summed E-state index contributed by atoms with van der Waals surface area (Å²) in [6.45, 7) is 3.64. The number of ether oxygens (including phenoxy) is 1. The fourth-order valence-electron chi connectivity index (χ4n) is 3.21.